The second-order valence-corrected chi connectivity index (χ2v) is 13.1. The fraction of sp³-hybridized carbons (Fsp3) is 0.536. The Labute approximate surface area is 253 Å². The summed E-state index contributed by atoms with van der Waals surface area (Å²) in [6.07, 6.45) is 7.50. The van der Waals surface area contributed by atoms with Gasteiger partial charge in [0.1, 0.15) is 16.9 Å². The minimum Gasteiger partial charge on any atom is -0.494 e. The maximum absolute atomic E-state index is 12.4. The van der Waals surface area contributed by atoms with Gasteiger partial charge in [0.25, 0.3) is 0 Å². The number of carbonyl (C=O) groups excluding carboxylic acids is 1. The Balaban J connectivity index is 1.56. The van der Waals surface area contributed by atoms with E-state index >= 15 is 0 Å². The van der Waals surface area contributed by atoms with Crippen LogP contribution in [0.2, 0.25) is 5.02 Å². The molecule has 1 atom stereocenters. The number of hydrogen-bond acceptors (Lipinski definition) is 10. The third-order valence-electron chi connectivity index (χ3n) is 7.64. The molecule has 2 aliphatic rings. The fourth-order valence-electron chi connectivity index (χ4n) is 5.27. The Kier molecular flexibility index (Phi) is 10.5. The number of aromatic nitrogens is 2. The van der Waals surface area contributed by atoms with Crippen LogP contribution in [0.3, 0.4) is 0 Å². The lowest BCUT2D eigenvalue weighted by atomic mass is 10.0. The maximum Gasteiger partial charge on any atom is 0.247 e. The van der Waals surface area contributed by atoms with Crippen LogP contribution in [0.1, 0.15) is 32.1 Å². The summed E-state index contributed by atoms with van der Waals surface area (Å²) in [6.45, 7) is 6.08. The van der Waals surface area contributed by atoms with Gasteiger partial charge in [-0.1, -0.05) is 18.2 Å². The maximum atomic E-state index is 12.4. The predicted octanol–water partition coefficient (Wildman–Crippen LogP) is 3.73. The molecule has 2 aliphatic heterocycles. The first kappa shape index (κ1) is 31.8. The van der Waals surface area contributed by atoms with Crippen LogP contribution in [0.15, 0.2) is 31.0 Å². The molecule has 2 aromatic rings. The average molecular weight is 622 g/mol. The standard InChI is InChI=1S/C28H40ClN7O5S/c1-6-26(37)31-22-16-23(25(40-4)17-24(22)35-13-9-19(10-14-35)34(2)3)32-28-30-18-21(29)27(33-28)41-20-8-7-12-36(15-11-20)42(5,38)39/h6,16-20H,1,7-15H2,2-5H3,(H,31,37)(H,30,32,33). The Morgan fingerprint density at radius 1 is 1.14 bits per heavy atom. The van der Waals surface area contributed by atoms with Gasteiger partial charge in [0.2, 0.25) is 27.8 Å². The summed E-state index contributed by atoms with van der Waals surface area (Å²) in [7, 11) is 2.50. The van der Waals surface area contributed by atoms with E-state index in [9.17, 15) is 13.2 Å². The lowest BCUT2D eigenvalue weighted by Gasteiger charge is -2.37. The van der Waals surface area contributed by atoms with Gasteiger partial charge in [-0.05, 0) is 58.3 Å². The molecular formula is C28H40ClN7O5S. The van der Waals surface area contributed by atoms with Crippen molar-refractivity contribution in [2.75, 3.05) is 69.2 Å². The zero-order valence-corrected chi connectivity index (χ0v) is 26.2. The van der Waals surface area contributed by atoms with Crippen molar-refractivity contribution in [3.63, 3.8) is 0 Å². The normalized spacial score (nSPS) is 18.8. The Morgan fingerprint density at radius 2 is 1.88 bits per heavy atom. The largest absolute Gasteiger partial charge is 0.494 e. The molecule has 3 heterocycles. The monoisotopic (exact) mass is 621 g/mol. The number of nitrogens with zero attached hydrogens (tertiary/aromatic N) is 5. The van der Waals surface area contributed by atoms with E-state index in [-0.39, 0.29) is 28.9 Å². The van der Waals surface area contributed by atoms with E-state index in [4.69, 9.17) is 21.1 Å². The van der Waals surface area contributed by atoms with Gasteiger partial charge in [0.15, 0.2) is 0 Å². The molecule has 42 heavy (non-hydrogen) atoms. The van der Waals surface area contributed by atoms with Crippen LogP contribution < -0.4 is 25.0 Å². The Morgan fingerprint density at radius 3 is 2.52 bits per heavy atom. The molecule has 2 saturated heterocycles. The quantitative estimate of drug-likeness (QED) is 0.379. The summed E-state index contributed by atoms with van der Waals surface area (Å²) >= 11 is 6.38. The van der Waals surface area contributed by atoms with Gasteiger partial charge in [0.05, 0.1) is 36.6 Å². The Hall–Kier alpha value is -3.13. The van der Waals surface area contributed by atoms with Gasteiger partial charge in [-0.25, -0.2) is 17.7 Å². The van der Waals surface area contributed by atoms with E-state index < -0.39 is 10.0 Å². The molecule has 1 unspecified atom stereocenters. The van der Waals surface area contributed by atoms with Crippen molar-refractivity contribution < 1.29 is 22.7 Å². The molecule has 4 rings (SSSR count). The molecule has 0 saturated carbocycles. The van der Waals surface area contributed by atoms with Crippen LogP contribution in [0, 0.1) is 0 Å². The number of benzene rings is 1. The van der Waals surface area contributed by atoms with Crippen LogP contribution in [-0.4, -0.2) is 99.3 Å². The highest BCUT2D eigenvalue weighted by Gasteiger charge is 2.26. The summed E-state index contributed by atoms with van der Waals surface area (Å²) in [5.74, 6) is 0.639. The molecule has 0 aliphatic carbocycles. The Bertz CT molecular complexity index is 1380. The van der Waals surface area contributed by atoms with Crippen LogP contribution in [-0.2, 0) is 14.8 Å². The van der Waals surface area contributed by atoms with E-state index in [0.29, 0.717) is 55.5 Å². The van der Waals surface area contributed by atoms with Crippen molar-refractivity contribution in [3.05, 3.63) is 36.0 Å². The number of ether oxygens (including phenoxy) is 2. The first-order chi connectivity index (χ1) is 20.0. The number of piperidine rings is 1. The van der Waals surface area contributed by atoms with E-state index in [1.807, 2.05) is 6.07 Å². The molecule has 0 radical (unpaired) electrons. The van der Waals surface area contributed by atoms with Crippen molar-refractivity contribution in [2.45, 2.75) is 44.2 Å². The highest BCUT2D eigenvalue weighted by Crippen LogP contribution is 2.40. The minimum atomic E-state index is -3.26. The smallest absolute Gasteiger partial charge is 0.247 e. The summed E-state index contributed by atoms with van der Waals surface area (Å²) in [5.41, 5.74) is 1.99. The molecule has 2 N–H and O–H groups in total. The van der Waals surface area contributed by atoms with Crippen molar-refractivity contribution in [1.29, 1.82) is 0 Å². The molecule has 1 amide bonds. The molecule has 2 fully saturated rings. The number of anilines is 4. The topological polar surface area (TPSA) is 129 Å². The summed E-state index contributed by atoms with van der Waals surface area (Å²) < 4.78 is 37.3. The van der Waals surface area contributed by atoms with Crippen LogP contribution >= 0.6 is 11.6 Å². The van der Waals surface area contributed by atoms with E-state index in [0.717, 1.165) is 31.6 Å². The number of hydrogen-bond donors (Lipinski definition) is 2. The zero-order chi connectivity index (χ0) is 30.4. The molecule has 0 spiro atoms. The van der Waals surface area contributed by atoms with Crippen LogP contribution in [0.5, 0.6) is 11.6 Å². The number of methoxy groups -OCH3 is 1. The van der Waals surface area contributed by atoms with Crippen molar-refractivity contribution >= 4 is 50.5 Å². The highest BCUT2D eigenvalue weighted by molar-refractivity contribution is 7.88. The zero-order valence-electron chi connectivity index (χ0n) is 24.6. The second kappa shape index (κ2) is 13.9. The average Bonchev–Trinajstić information content (AvgIpc) is 3.21. The lowest BCUT2D eigenvalue weighted by molar-refractivity contribution is -0.111. The van der Waals surface area contributed by atoms with Crippen molar-refractivity contribution in [1.82, 2.24) is 19.2 Å². The highest BCUT2D eigenvalue weighted by atomic mass is 35.5. The second-order valence-electron chi connectivity index (χ2n) is 10.7. The van der Waals surface area contributed by atoms with Crippen LogP contribution in [0.25, 0.3) is 0 Å². The number of halogens is 1. The van der Waals surface area contributed by atoms with Gasteiger partial charge in [-0.15, -0.1) is 0 Å². The number of nitrogens with one attached hydrogen (secondary N) is 2. The minimum absolute atomic E-state index is 0.200. The summed E-state index contributed by atoms with van der Waals surface area (Å²) in [4.78, 5) is 25.7. The molecule has 1 aromatic heterocycles. The first-order valence-electron chi connectivity index (χ1n) is 14.0. The molecule has 1 aromatic carbocycles. The first-order valence-corrected chi connectivity index (χ1v) is 16.2. The van der Waals surface area contributed by atoms with E-state index in [1.54, 1.807) is 13.2 Å². The van der Waals surface area contributed by atoms with Crippen molar-refractivity contribution in [3.8, 4) is 11.6 Å². The molecule has 0 bridgehead atoms. The summed E-state index contributed by atoms with van der Waals surface area (Å²) in [5, 5.41) is 6.34. The van der Waals surface area contributed by atoms with Crippen LogP contribution in [0.4, 0.5) is 23.0 Å². The predicted molar refractivity (Wildman–Crippen MR) is 166 cm³/mol. The third kappa shape index (κ3) is 8.03. The third-order valence-corrected chi connectivity index (χ3v) is 9.20. The number of sulfonamides is 1. The lowest BCUT2D eigenvalue weighted by Crippen LogP contribution is -2.42. The van der Waals surface area contributed by atoms with Gasteiger partial charge in [-0.2, -0.15) is 4.98 Å². The van der Waals surface area contributed by atoms with Gasteiger partial charge >= 0.3 is 0 Å². The SMILES string of the molecule is C=CC(=O)Nc1cc(Nc2ncc(Cl)c(OC3CCCN(S(C)(=O)=O)CC3)n2)c(OC)cc1N1CCC(N(C)C)CC1. The summed E-state index contributed by atoms with van der Waals surface area (Å²) in [6, 6.07) is 4.19. The van der Waals surface area contributed by atoms with Crippen molar-refractivity contribution in [2.24, 2.45) is 0 Å². The number of rotatable bonds is 10. The van der Waals surface area contributed by atoms with Gasteiger partial charge < -0.3 is 29.9 Å². The number of amides is 1. The molecule has 12 nitrogen and oxygen atoms in total. The van der Waals surface area contributed by atoms with Gasteiger partial charge in [0, 0.05) is 38.3 Å². The molecule has 230 valence electrons. The van der Waals surface area contributed by atoms with E-state index in [1.165, 1.54) is 22.8 Å². The van der Waals surface area contributed by atoms with Gasteiger partial charge in [-0.3, -0.25) is 4.79 Å². The number of carbonyl (C=O) groups is 1. The fourth-order valence-corrected chi connectivity index (χ4v) is 6.30. The van der Waals surface area contributed by atoms with E-state index in [2.05, 4.69) is 51.1 Å². The molecule has 14 heteroatoms. The molecular weight excluding hydrogens is 582 g/mol.